The van der Waals surface area contributed by atoms with E-state index in [1.54, 1.807) is 12.1 Å². The molecule has 0 aromatic heterocycles. The zero-order chi connectivity index (χ0) is 12.5. The Labute approximate surface area is 100 Å². The lowest BCUT2D eigenvalue weighted by Crippen LogP contribution is -2.34. The van der Waals surface area contributed by atoms with Crippen molar-refractivity contribution in [2.24, 2.45) is 0 Å². The van der Waals surface area contributed by atoms with Crippen molar-refractivity contribution in [2.75, 3.05) is 6.79 Å². The zero-order valence-corrected chi connectivity index (χ0v) is 10.0. The Balaban J connectivity index is 2.47. The fraction of sp³-hybridized carbons (Fsp3) is 0.462. The van der Waals surface area contributed by atoms with Crippen LogP contribution >= 0.6 is 0 Å². The van der Waals surface area contributed by atoms with Gasteiger partial charge in [0.1, 0.15) is 0 Å². The monoisotopic (exact) mass is 236 g/mol. The molecule has 0 unspecified atom stereocenters. The fourth-order valence-electron chi connectivity index (χ4n) is 2.28. The molecule has 1 aromatic carbocycles. The fourth-order valence-corrected chi connectivity index (χ4v) is 2.28. The van der Waals surface area contributed by atoms with Crippen molar-refractivity contribution in [3.8, 4) is 11.5 Å². The van der Waals surface area contributed by atoms with Crippen LogP contribution in [-0.2, 0) is 10.2 Å². The summed E-state index contributed by atoms with van der Waals surface area (Å²) in [6.45, 7) is 3.99. The van der Waals surface area contributed by atoms with Gasteiger partial charge in [0.25, 0.3) is 0 Å². The van der Waals surface area contributed by atoms with Crippen molar-refractivity contribution in [1.82, 2.24) is 0 Å². The summed E-state index contributed by atoms with van der Waals surface area (Å²) in [4.78, 5) is 11.5. The number of aliphatic carboxylic acids is 1. The number of carboxylic acid groups (broad SMARTS) is 1. The normalized spacial score (nSPS) is 13.8. The number of carboxylic acids is 1. The van der Waals surface area contributed by atoms with Gasteiger partial charge in [0.15, 0.2) is 11.5 Å². The first-order chi connectivity index (χ1) is 8.14. The zero-order valence-electron chi connectivity index (χ0n) is 10.0. The van der Waals surface area contributed by atoms with Crippen molar-refractivity contribution in [3.05, 3.63) is 23.8 Å². The predicted molar refractivity (Wildman–Crippen MR) is 62.5 cm³/mol. The molecule has 1 aliphatic heterocycles. The van der Waals surface area contributed by atoms with E-state index in [2.05, 4.69) is 0 Å². The van der Waals surface area contributed by atoms with E-state index in [9.17, 15) is 9.90 Å². The number of hydrogen-bond donors (Lipinski definition) is 1. The maximum atomic E-state index is 11.5. The molecule has 0 spiro atoms. The van der Waals surface area contributed by atoms with Gasteiger partial charge < -0.3 is 14.6 Å². The van der Waals surface area contributed by atoms with Crippen LogP contribution in [0.2, 0.25) is 0 Å². The summed E-state index contributed by atoms with van der Waals surface area (Å²) in [6, 6.07) is 5.37. The third-order valence-electron chi connectivity index (χ3n) is 3.54. The molecule has 0 fully saturated rings. The highest BCUT2D eigenvalue weighted by molar-refractivity contribution is 5.81. The molecule has 1 heterocycles. The van der Waals surface area contributed by atoms with Crippen molar-refractivity contribution >= 4 is 5.97 Å². The van der Waals surface area contributed by atoms with Gasteiger partial charge in [-0.1, -0.05) is 19.9 Å². The summed E-state index contributed by atoms with van der Waals surface area (Å²) >= 11 is 0. The van der Waals surface area contributed by atoms with E-state index in [1.165, 1.54) is 0 Å². The van der Waals surface area contributed by atoms with Gasteiger partial charge in [-0.25, -0.2) is 0 Å². The second-order valence-corrected chi connectivity index (χ2v) is 4.16. The SMILES string of the molecule is CCC(CC)(C(=O)O)c1ccc2c(c1)OCO2. The van der Waals surface area contributed by atoms with Gasteiger partial charge in [0.2, 0.25) is 6.79 Å². The maximum absolute atomic E-state index is 11.5. The Morgan fingerprint density at radius 2 is 1.94 bits per heavy atom. The lowest BCUT2D eigenvalue weighted by molar-refractivity contribution is -0.144. The van der Waals surface area contributed by atoms with Crippen LogP contribution in [-0.4, -0.2) is 17.9 Å². The van der Waals surface area contributed by atoms with E-state index in [1.807, 2.05) is 19.9 Å². The predicted octanol–water partition coefficient (Wildman–Crippen LogP) is 2.56. The van der Waals surface area contributed by atoms with Crippen molar-refractivity contribution in [3.63, 3.8) is 0 Å². The van der Waals surface area contributed by atoms with Crippen LogP contribution < -0.4 is 9.47 Å². The van der Waals surface area contributed by atoms with Crippen LogP contribution in [0.4, 0.5) is 0 Å². The molecule has 1 aliphatic rings. The Morgan fingerprint density at radius 3 is 2.53 bits per heavy atom. The minimum absolute atomic E-state index is 0.205. The summed E-state index contributed by atoms with van der Waals surface area (Å²) in [7, 11) is 0. The van der Waals surface area contributed by atoms with Crippen LogP contribution in [0.15, 0.2) is 18.2 Å². The number of fused-ring (bicyclic) bond motifs is 1. The van der Waals surface area contributed by atoms with Gasteiger partial charge in [-0.15, -0.1) is 0 Å². The van der Waals surface area contributed by atoms with E-state index < -0.39 is 11.4 Å². The minimum Gasteiger partial charge on any atom is -0.481 e. The molecule has 0 radical (unpaired) electrons. The summed E-state index contributed by atoms with van der Waals surface area (Å²) in [5.74, 6) is 0.525. The van der Waals surface area contributed by atoms with Crippen molar-refractivity contribution < 1.29 is 19.4 Å². The lowest BCUT2D eigenvalue weighted by Gasteiger charge is -2.27. The first-order valence-corrected chi connectivity index (χ1v) is 5.77. The van der Waals surface area contributed by atoms with Crippen LogP contribution in [0.3, 0.4) is 0 Å². The molecule has 1 aromatic rings. The Kier molecular flexibility index (Phi) is 2.96. The standard InChI is InChI=1S/C13H16O4/c1-3-13(4-2,12(14)15)9-5-6-10-11(7-9)17-8-16-10/h5-7H,3-4,8H2,1-2H3,(H,14,15). The summed E-state index contributed by atoms with van der Waals surface area (Å²) in [5, 5.41) is 9.45. The molecule has 0 saturated heterocycles. The van der Waals surface area contributed by atoms with E-state index in [0.717, 1.165) is 5.56 Å². The second-order valence-electron chi connectivity index (χ2n) is 4.16. The molecule has 4 heteroatoms. The third-order valence-corrected chi connectivity index (χ3v) is 3.54. The molecule has 0 saturated carbocycles. The number of carbonyl (C=O) groups is 1. The lowest BCUT2D eigenvalue weighted by atomic mass is 9.76. The van der Waals surface area contributed by atoms with E-state index in [0.29, 0.717) is 24.3 Å². The quantitative estimate of drug-likeness (QED) is 0.872. The number of rotatable bonds is 4. The molecule has 4 nitrogen and oxygen atoms in total. The molecule has 1 N–H and O–H groups in total. The highest BCUT2D eigenvalue weighted by Crippen LogP contribution is 2.39. The number of ether oxygens (including phenoxy) is 2. The summed E-state index contributed by atoms with van der Waals surface area (Å²) in [6.07, 6.45) is 1.11. The van der Waals surface area contributed by atoms with Crippen LogP contribution in [0, 0.1) is 0 Å². The van der Waals surface area contributed by atoms with Crippen LogP contribution in [0.1, 0.15) is 32.3 Å². The van der Waals surface area contributed by atoms with Crippen LogP contribution in [0.25, 0.3) is 0 Å². The molecule has 0 bridgehead atoms. The average Bonchev–Trinajstić information content (AvgIpc) is 2.78. The third kappa shape index (κ3) is 1.73. The van der Waals surface area contributed by atoms with Gasteiger partial charge in [-0.2, -0.15) is 0 Å². The van der Waals surface area contributed by atoms with Gasteiger partial charge in [-0.3, -0.25) is 4.79 Å². The first kappa shape index (κ1) is 11.8. The average molecular weight is 236 g/mol. The van der Waals surface area contributed by atoms with Gasteiger partial charge >= 0.3 is 5.97 Å². The topological polar surface area (TPSA) is 55.8 Å². The first-order valence-electron chi connectivity index (χ1n) is 5.77. The number of benzene rings is 1. The van der Waals surface area contributed by atoms with Gasteiger partial charge in [-0.05, 0) is 30.5 Å². The van der Waals surface area contributed by atoms with Gasteiger partial charge in [0, 0.05) is 0 Å². The van der Waals surface area contributed by atoms with Crippen molar-refractivity contribution in [2.45, 2.75) is 32.1 Å². The number of hydrogen-bond acceptors (Lipinski definition) is 3. The molecule has 0 aliphatic carbocycles. The van der Waals surface area contributed by atoms with Crippen LogP contribution in [0.5, 0.6) is 11.5 Å². The summed E-state index contributed by atoms with van der Waals surface area (Å²) < 4.78 is 10.5. The molecular formula is C13H16O4. The second kappa shape index (κ2) is 4.28. The van der Waals surface area contributed by atoms with E-state index in [4.69, 9.17) is 9.47 Å². The maximum Gasteiger partial charge on any atom is 0.314 e. The highest BCUT2D eigenvalue weighted by Gasteiger charge is 2.37. The largest absolute Gasteiger partial charge is 0.481 e. The molecule has 0 atom stereocenters. The summed E-state index contributed by atoms with van der Waals surface area (Å²) in [5.41, 5.74) is -0.0553. The van der Waals surface area contributed by atoms with E-state index in [-0.39, 0.29) is 6.79 Å². The van der Waals surface area contributed by atoms with Gasteiger partial charge in [0.05, 0.1) is 5.41 Å². The molecule has 92 valence electrons. The Hall–Kier alpha value is -1.71. The smallest absolute Gasteiger partial charge is 0.314 e. The molecule has 0 amide bonds. The molecule has 2 rings (SSSR count). The van der Waals surface area contributed by atoms with E-state index >= 15 is 0 Å². The minimum atomic E-state index is -0.832. The highest BCUT2D eigenvalue weighted by atomic mass is 16.7. The molecule has 17 heavy (non-hydrogen) atoms. The Bertz CT molecular complexity index is 435. The molecular weight excluding hydrogens is 220 g/mol. The van der Waals surface area contributed by atoms with Crippen molar-refractivity contribution in [1.29, 1.82) is 0 Å². The Morgan fingerprint density at radius 1 is 1.29 bits per heavy atom.